The number of nitrogens with zero attached hydrogens (tertiary/aromatic N) is 1. The topological polar surface area (TPSA) is 15.3 Å². The molecule has 2 nitrogen and oxygen atoms in total. The lowest BCUT2D eigenvalue weighted by atomic mass is 10.0. The molecule has 1 aromatic carbocycles. The number of hydrogen-bond donors (Lipinski definition) is 1. The zero-order valence-corrected chi connectivity index (χ0v) is 13.7. The van der Waals surface area contributed by atoms with E-state index >= 15 is 0 Å². The third kappa shape index (κ3) is 4.32. The highest BCUT2D eigenvalue weighted by atomic mass is 35.5. The van der Waals surface area contributed by atoms with Crippen molar-refractivity contribution in [1.82, 2.24) is 10.2 Å². The van der Waals surface area contributed by atoms with Crippen LogP contribution in [0.2, 0.25) is 4.34 Å². The second kappa shape index (κ2) is 7.23. The molecule has 1 aromatic heterocycles. The molecule has 0 radical (unpaired) electrons. The fourth-order valence-electron chi connectivity index (χ4n) is 2.25. The fraction of sp³-hybridized carbons (Fsp3) is 0.375. The van der Waals surface area contributed by atoms with Crippen LogP contribution in [0.15, 0.2) is 41.8 Å². The first-order valence-corrected chi connectivity index (χ1v) is 8.01. The van der Waals surface area contributed by atoms with Crippen molar-refractivity contribution in [3.8, 4) is 0 Å². The zero-order chi connectivity index (χ0) is 14.5. The van der Waals surface area contributed by atoms with Crippen LogP contribution in [0.1, 0.15) is 30.1 Å². The Morgan fingerprint density at radius 1 is 1.20 bits per heavy atom. The maximum atomic E-state index is 6.02. The summed E-state index contributed by atoms with van der Waals surface area (Å²) >= 11 is 7.61. The summed E-state index contributed by atoms with van der Waals surface area (Å²) in [7, 11) is 4.20. The molecule has 0 saturated heterocycles. The van der Waals surface area contributed by atoms with Crippen molar-refractivity contribution in [2.24, 2.45) is 0 Å². The van der Waals surface area contributed by atoms with Gasteiger partial charge in [0.15, 0.2) is 0 Å². The summed E-state index contributed by atoms with van der Waals surface area (Å²) in [5, 5.41) is 5.82. The molecular weight excluding hydrogens is 288 g/mol. The Balaban J connectivity index is 2.11. The second-order valence-electron chi connectivity index (χ2n) is 5.30. The van der Waals surface area contributed by atoms with Crippen LogP contribution in [0.3, 0.4) is 0 Å². The van der Waals surface area contributed by atoms with Crippen LogP contribution in [0.4, 0.5) is 0 Å². The molecule has 4 heteroatoms. The highest BCUT2D eigenvalue weighted by Gasteiger charge is 2.16. The summed E-state index contributed by atoms with van der Waals surface area (Å²) in [6.45, 7) is 3.15. The monoisotopic (exact) mass is 308 g/mol. The molecule has 2 atom stereocenters. The summed E-state index contributed by atoms with van der Waals surface area (Å²) in [4.78, 5) is 2.21. The van der Waals surface area contributed by atoms with Gasteiger partial charge < -0.3 is 10.2 Å². The second-order valence-corrected chi connectivity index (χ2v) is 6.84. The molecule has 0 aliphatic carbocycles. The van der Waals surface area contributed by atoms with Gasteiger partial charge in [-0.05, 0) is 43.6 Å². The summed E-state index contributed by atoms with van der Waals surface area (Å²) in [5.41, 5.74) is 2.56. The predicted molar refractivity (Wildman–Crippen MR) is 88.6 cm³/mol. The van der Waals surface area contributed by atoms with Crippen molar-refractivity contribution in [1.29, 1.82) is 0 Å². The van der Waals surface area contributed by atoms with E-state index in [1.165, 1.54) is 11.1 Å². The van der Waals surface area contributed by atoms with Gasteiger partial charge in [-0.15, -0.1) is 11.3 Å². The van der Waals surface area contributed by atoms with Gasteiger partial charge in [-0.25, -0.2) is 0 Å². The molecular formula is C16H21ClN2S. The minimum atomic E-state index is 0.281. The molecule has 0 fully saturated rings. The summed E-state index contributed by atoms with van der Waals surface area (Å²) in [6, 6.07) is 13.2. The van der Waals surface area contributed by atoms with Gasteiger partial charge in [-0.1, -0.05) is 41.9 Å². The average Bonchev–Trinajstić information content (AvgIpc) is 2.85. The van der Waals surface area contributed by atoms with Crippen molar-refractivity contribution in [3.63, 3.8) is 0 Å². The number of hydrogen-bond acceptors (Lipinski definition) is 3. The number of likely N-dealkylation sites (N-methyl/N-ethyl adjacent to an activating group) is 1. The van der Waals surface area contributed by atoms with Gasteiger partial charge in [-0.3, -0.25) is 0 Å². The van der Waals surface area contributed by atoms with E-state index in [1.54, 1.807) is 11.3 Å². The minimum absolute atomic E-state index is 0.281. The van der Waals surface area contributed by atoms with Gasteiger partial charge in [0.05, 0.1) is 4.34 Å². The van der Waals surface area contributed by atoms with Gasteiger partial charge in [0.1, 0.15) is 0 Å². The lowest BCUT2D eigenvalue weighted by molar-refractivity contribution is 0.325. The molecule has 108 valence electrons. The highest BCUT2D eigenvalue weighted by molar-refractivity contribution is 7.14. The van der Waals surface area contributed by atoms with Crippen LogP contribution in [-0.2, 0) is 0 Å². The van der Waals surface area contributed by atoms with Gasteiger partial charge >= 0.3 is 0 Å². The van der Waals surface area contributed by atoms with Crippen molar-refractivity contribution in [3.05, 3.63) is 57.2 Å². The van der Waals surface area contributed by atoms with Crippen molar-refractivity contribution < 1.29 is 0 Å². The Kier molecular flexibility index (Phi) is 5.61. The molecule has 0 aliphatic rings. The molecule has 0 bridgehead atoms. The lowest BCUT2D eigenvalue weighted by Gasteiger charge is -2.26. The standard InChI is InChI=1S/C16H21ClN2S/c1-12(14-9-16(17)20-11-14)18-15(10-19(2)3)13-7-5-4-6-8-13/h4-9,11-12,15,18H,10H2,1-3H3. The van der Waals surface area contributed by atoms with E-state index in [0.717, 1.165) is 10.9 Å². The third-order valence-electron chi connectivity index (χ3n) is 3.29. The Hall–Kier alpha value is -0.870. The Morgan fingerprint density at radius 2 is 1.90 bits per heavy atom. The van der Waals surface area contributed by atoms with Gasteiger partial charge in [0, 0.05) is 18.6 Å². The molecule has 0 aliphatic heterocycles. The SMILES string of the molecule is CC(NC(CN(C)C)c1ccccc1)c1csc(Cl)c1. The van der Waals surface area contributed by atoms with Crippen molar-refractivity contribution in [2.45, 2.75) is 19.0 Å². The smallest absolute Gasteiger partial charge is 0.0931 e. The first-order valence-electron chi connectivity index (χ1n) is 6.76. The van der Waals surface area contributed by atoms with Crippen molar-refractivity contribution in [2.75, 3.05) is 20.6 Å². The molecule has 20 heavy (non-hydrogen) atoms. The summed E-state index contributed by atoms with van der Waals surface area (Å²) in [5.74, 6) is 0. The van der Waals surface area contributed by atoms with Crippen LogP contribution in [0.25, 0.3) is 0 Å². The van der Waals surface area contributed by atoms with E-state index < -0.39 is 0 Å². The van der Waals surface area contributed by atoms with Crippen LogP contribution in [0.5, 0.6) is 0 Å². The van der Waals surface area contributed by atoms with Gasteiger partial charge in [-0.2, -0.15) is 0 Å². The van der Waals surface area contributed by atoms with E-state index in [1.807, 2.05) is 6.07 Å². The molecule has 2 rings (SSSR count). The quantitative estimate of drug-likeness (QED) is 0.853. The lowest BCUT2D eigenvalue weighted by Crippen LogP contribution is -2.32. The highest BCUT2D eigenvalue weighted by Crippen LogP contribution is 2.26. The molecule has 0 saturated carbocycles. The largest absolute Gasteiger partial charge is 0.308 e. The zero-order valence-electron chi connectivity index (χ0n) is 12.1. The summed E-state index contributed by atoms with van der Waals surface area (Å²) in [6.07, 6.45) is 0. The number of halogens is 1. The van der Waals surface area contributed by atoms with Crippen LogP contribution >= 0.6 is 22.9 Å². The van der Waals surface area contributed by atoms with Crippen LogP contribution in [-0.4, -0.2) is 25.5 Å². The van der Waals surface area contributed by atoms with Crippen molar-refractivity contribution >= 4 is 22.9 Å². The molecule has 0 amide bonds. The Morgan fingerprint density at radius 3 is 2.45 bits per heavy atom. The number of nitrogens with one attached hydrogen (secondary N) is 1. The number of thiophene rings is 1. The van der Waals surface area contributed by atoms with Crippen LogP contribution in [0, 0.1) is 0 Å². The van der Waals surface area contributed by atoms with E-state index in [2.05, 4.69) is 66.9 Å². The van der Waals surface area contributed by atoms with Crippen LogP contribution < -0.4 is 5.32 Å². The van der Waals surface area contributed by atoms with E-state index in [9.17, 15) is 0 Å². The maximum Gasteiger partial charge on any atom is 0.0931 e. The molecule has 1 N–H and O–H groups in total. The first kappa shape index (κ1) is 15.5. The number of rotatable bonds is 6. The molecule has 2 unspecified atom stereocenters. The van der Waals surface area contributed by atoms with Gasteiger partial charge in [0.2, 0.25) is 0 Å². The predicted octanol–water partition coefficient (Wildman–Crippen LogP) is 4.36. The van der Waals surface area contributed by atoms with E-state index in [0.29, 0.717) is 6.04 Å². The average molecular weight is 309 g/mol. The van der Waals surface area contributed by atoms with E-state index in [4.69, 9.17) is 11.6 Å². The molecule has 0 spiro atoms. The van der Waals surface area contributed by atoms with E-state index in [-0.39, 0.29) is 6.04 Å². The summed E-state index contributed by atoms with van der Waals surface area (Å²) < 4.78 is 0.845. The molecule has 2 aromatic rings. The first-order chi connectivity index (χ1) is 9.56. The fourth-order valence-corrected chi connectivity index (χ4v) is 3.24. The Labute approximate surface area is 130 Å². The Bertz CT molecular complexity index is 524. The number of benzene rings is 1. The maximum absolute atomic E-state index is 6.02. The van der Waals surface area contributed by atoms with Gasteiger partial charge in [0.25, 0.3) is 0 Å². The molecule has 1 heterocycles. The normalized spacial score (nSPS) is 14.4. The minimum Gasteiger partial charge on any atom is -0.308 e. The third-order valence-corrected chi connectivity index (χ3v) is 4.40.